The van der Waals surface area contributed by atoms with Crippen molar-refractivity contribution >= 4 is 0 Å². The quantitative estimate of drug-likeness (QED) is 0.711. The number of likely N-dealkylation sites (tertiary alicyclic amines) is 1. The van der Waals surface area contributed by atoms with Crippen LogP contribution in [0, 0.1) is 5.92 Å². The van der Waals surface area contributed by atoms with E-state index in [4.69, 9.17) is 0 Å². The molecular formula is C13H24N2. The van der Waals surface area contributed by atoms with Gasteiger partial charge in [-0.3, -0.25) is 0 Å². The first-order valence-corrected chi connectivity index (χ1v) is 6.47. The summed E-state index contributed by atoms with van der Waals surface area (Å²) in [4.78, 5) is 2.59. The van der Waals surface area contributed by atoms with Crippen molar-refractivity contribution in [2.24, 2.45) is 5.92 Å². The molecule has 1 unspecified atom stereocenters. The summed E-state index contributed by atoms with van der Waals surface area (Å²) in [5, 5.41) is 3.65. The monoisotopic (exact) mass is 208 g/mol. The van der Waals surface area contributed by atoms with Crippen LogP contribution < -0.4 is 5.32 Å². The fraction of sp³-hybridized carbons (Fsp3) is 0.846. The Labute approximate surface area is 93.7 Å². The zero-order valence-corrected chi connectivity index (χ0v) is 9.75. The highest BCUT2D eigenvalue weighted by atomic mass is 15.1. The molecule has 0 spiro atoms. The number of nitrogens with one attached hydrogen (secondary N) is 1. The van der Waals surface area contributed by atoms with Crippen LogP contribution in [0.3, 0.4) is 0 Å². The first kappa shape index (κ1) is 11.2. The SMILES string of the molecule is C=CCCN1CCC(C2CCCN2)CC1. The Morgan fingerprint density at radius 2 is 2.07 bits per heavy atom. The van der Waals surface area contributed by atoms with Gasteiger partial charge >= 0.3 is 0 Å². The van der Waals surface area contributed by atoms with Crippen molar-refractivity contribution in [1.29, 1.82) is 0 Å². The summed E-state index contributed by atoms with van der Waals surface area (Å²) in [5.74, 6) is 0.951. The molecule has 2 heterocycles. The van der Waals surface area contributed by atoms with E-state index in [9.17, 15) is 0 Å². The Morgan fingerprint density at radius 3 is 2.67 bits per heavy atom. The highest BCUT2D eigenvalue weighted by molar-refractivity contribution is 4.85. The fourth-order valence-corrected chi connectivity index (χ4v) is 2.97. The van der Waals surface area contributed by atoms with E-state index < -0.39 is 0 Å². The molecule has 0 radical (unpaired) electrons. The molecule has 86 valence electrons. The van der Waals surface area contributed by atoms with Gasteiger partial charge in [0.25, 0.3) is 0 Å². The van der Waals surface area contributed by atoms with Crippen molar-refractivity contribution in [2.45, 2.75) is 38.1 Å². The van der Waals surface area contributed by atoms with Crippen LogP contribution in [-0.2, 0) is 0 Å². The molecule has 2 aliphatic rings. The predicted octanol–water partition coefficient (Wildman–Crippen LogP) is 2.03. The molecule has 2 nitrogen and oxygen atoms in total. The van der Waals surface area contributed by atoms with Crippen LogP contribution in [0.5, 0.6) is 0 Å². The molecule has 0 aromatic heterocycles. The van der Waals surface area contributed by atoms with Crippen LogP contribution in [0.1, 0.15) is 32.1 Å². The van der Waals surface area contributed by atoms with Crippen LogP contribution in [0.4, 0.5) is 0 Å². The average molecular weight is 208 g/mol. The van der Waals surface area contributed by atoms with Crippen LogP contribution >= 0.6 is 0 Å². The molecular weight excluding hydrogens is 184 g/mol. The Bertz CT molecular complexity index is 189. The maximum absolute atomic E-state index is 3.79. The van der Waals surface area contributed by atoms with Crippen molar-refractivity contribution in [3.05, 3.63) is 12.7 Å². The third-order valence-corrected chi connectivity index (χ3v) is 3.95. The van der Waals surface area contributed by atoms with E-state index in [0.717, 1.165) is 18.4 Å². The van der Waals surface area contributed by atoms with E-state index in [0.29, 0.717) is 0 Å². The summed E-state index contributed by atoms with van der Waals surface area (Å²) in [6.07, 6.45) is 8.78. The highest BCUT2D eigenvalue weighted by Crippen LogP contribution is 2.25. The fourth-order valence-electron chi connectivity index (χ4n) is 2.97. The summed E-state index contributed by atoms with van der Waals surface area (Å²) in [7, 11) is 0. The van der Waals surface area contributed by atoms with E-state index in [1.807, 2.05) is 6.08 Å². The summed E-state index contributed by atoms with van der Waals surface area (Å²) < 4.78 is 0. The summed E-state index contributed by atoms with van der Waals surface area (Å²) in [6, 6.07) is 0.839. The Kier molecular flexibility index (Phi) is 4.21. The molecule has 0 bridgehead atoms. The predicted molar refractivity (Wildman–Crippen MR) is 65.0 cm³/mol. The van der Waals surface area contributed by atoms with E-state index in [2.05, 4.69) is 16.8 Å². The van der Waals surface area contributed by atoms with Gasteiger partial charge in [0.1, 0.15) is 0 Å². The standard InChI is InChI=1S/C13H24N2/c1-2-3-9-15-10-6-12(7-11-15)13-5-4-8-14-13/h2,12-14H,1,3-11H2. The van der Waals surface area contributed by atoms with Crippen molar-refractivity contribution in [1.82, 2.24) is 10.2 Å². The molecule has 0 amide bonds. The summed E-state index contributed by atoms with van der Waals surface area (Å²) in [5.41, 5.74) is 0. The second-order valence-corrected chi connectivity index (χ2v) is 4.96. The van der Waals surface area contributed by atoms with Gasteiger partial charge in [0, 0.05) is 12.6 Å². The van der Waals surface area contributed by atoms with Gasteiger partial charge in [-0.1, -0.05) is 6.08 Å². The average Bonchev–Trinajstić information content (AvgIpc) is 2.80. The zero-order valence-electron chi connectivity index (χ0n) is 9.75. The van der Waals surface area contributed by atoms with Gasteiger partial charge in [0.2, 0.25) is 0 Å². The second kappa shape index (κ2) is 5.66. The zero-order chi connectivity index (χ0) is 10.5. The third-order valence-electron chi connectivity index (χ3n) is 3.95. The van der Waals surface area contributed by atoms with Gasteiger partial charge < -0.3 is 10.2 Å². The molecule has 1 N–H and O–H groups in total. The molecule has 0 aromatic carbocycles. The highest BCUT2D eigenvalue weighted by Gasteiger charge is 2.27. The number of nitrogens with zero attached hydrogens (tertiary/aromatic N) is 1. The normalized spacial score (nSPS) is 29.5. The lowest BCUT2D eigenvalue weighted by atomic mass is 9.88. The lowest BCUT2D eigenvalue weighted by Gasteiger charge is -2.34. The van der Waals surface area contributed by atoms with Crippen molar-refractivity contribution in [3.63, 3.8) is 0 Å². The lowest BCUT2D eigenvalue weighted by Crippen LogP contribution is -2.41. The Morgan fingerprint density at radius 1 is 1.27 bits per heavy atom. The first-order valence-electron chi connectivity index (χ1n) is 6.47. The van der Waals surface area contributed by atoms with E-state index >= 15 is 0 Å². The van der Waals surface area contributed by atoms with Gasteiger partial charge in [0.05, 0.1) is 0 Å². The number of hydrogen-bond donors (Lipinski definition) is 1. The number of piperidine rings is 1. The number of hydrogen-bond acceptors (Lipinski definition) is 2. The molecule has 1 atom stereocenters. The second-order valence-electron chi connectivity index (χ2n) is 4.96. The molecule has 15 heavy (non-hydrogen) atoms. The van der Waals surface area contributed by atoms with Crippen LogP contribution in [0.15, 0.2) is 12.7 Å². The van der Waals surface area contributed by atoms with Gasteiger partial charge in [0.15, 0.2) is 0 Å². The van der Waals surface area contributed by atoms with E-state index in [1.165, 1.54) is 51.9 Å². The maximum Gasteiger partial charge on any atom is 0.00967 e. The van der Waals surface area contributed by atoms with Crippen molar-refractivity contribution < 1.29 is 0 Å². The van der Waals surface area contributed by atoms with E-state index in [-0.39, 0.29) is 0 Å². The van der Waals surface area contributed by atoms with Crippen molar-refractivity contribution in [2.75, 3.05) is 26.2 Å². The minimum Gasteiger partial charge on any atom is -0.314 e. The smallest absolute Gasteiger partial charge is 0.00967 e. The van der Waals surface area contributed by atoms with Crippen molar-refractivity contribution in [3.8, 4) is 0 Å². The summed E-state index contributed by atoms with van der Waals surface area (Å²) in [6.45, 7) is 8.86. The van der Waals surface area contributed by atoms with E-state index in [1.54, 1.807) is 0 Å². The molecule has 0 aliphatic carbocycles. The molecule has 0 aromatic rings. The molecule has 2 saturated heterocycles. The van der Waals surface area contributed by atoms with Crippen LogP contribution in [0.2, 0.25) is 0 Å². The van der Waals surface area contributed by atoms with Crippen LogP contribution in [0.25, 0.3) is 0 Å². The maximum atomic E-state index is 3.79. The van der Waals surface area contributed by atoms with Gasteiger partial charge in [-0.05, 0) is 57.7 Å². The largest absolute Gasteiger partial charge is 0.314 e. The minimum atomic E-state index is 0.839. The molecule has 0 saturated carbocycles. The van der Waals surface area contributed by atoms with Gasteiger partial charge in [-0.2, -0.15) is 0 Å². The lowest BCUT2D eigenvalue weighted by molar-refractivity contribution is 0.166. The third kappa shape index (κ3) is 3.05. The minimum absolute atomic E-state index is 0.839. The molecule has 2 heteroatoms. The van der Waals surface area contributed by atoms with Gasteiger partial charge in [-0.25, -0.2) is 0 Å². The van der Waals surface area contributed by atoms with Gasteiger partial charge in [-0.15, -0.1) is 6.58 Å². The molecule has 2 rings (SSSR count). The Balaban J connectivity index is 1.69. The molecule has 2 fully saturated rings. The van der Waals surface area contributed by atoms with Crippen LogP contribution in [-0.4, -0.2) is 37.1 Å². The summed E-state index contributed by atoms with van der Waals surface area (Å²) >= 11 is 0. The topological polar surface area (TPSA) is 15.3 Å². The number of rotatable bonds is 4. The molecule has 2 aliphatic heterocycles. The Hall–Kier alpha value is -0.340. The first-order chi connectivity index (χ1) is 7.40.